The lowest BCUT2D eigenvalue weighted by atomic mass is 10.0. The Bertz CT molecular complexity index is 525. The van der Waals surface area contributed by atoms with Crippen LogP contribution in [0.2, 0.25) is 0 Å². The lowest BCUT2D eigenvalue weighted by Gasteiger charge is -2.09. The zero-order chi connectivity index (χ0) is 13.1. The molecule has 0 saturated carbocycles. The van der Waals surface area contributed by atoms with Crippen molar-refractivity contribution in [2.45, 2.75) is 26.0 Å². The number of aliphatic hydroxyl groups is 1. The third-order valence-electron chi connectivity index (χ3n) is 2.78. The van der Waals surface area contributed by atoms with Crippen LogP contribution in [0.4, 0.5) is 8.78 Å². The van der Waals surface area contributed by atoms with E-state index in [1.807, 2.05) is 11.5 Å². The molecule has 0 amide bonds. The monoisotopic (exact) mass is 252 g/mol. The van der Waals surface area contributed by atoms with E-state index in [-0.39, 0.29) is 5.56 Å². The van der Waals surface area contributed by atoms with Gasteiger partial charge in [0, 0.05) is 18.3 Å². The van der Waals surface area contributed by atoms with Crippen LogP contribution in [-0.2, 0) is 6.54 Å². The summed E-state index contributed by atoms with van der Waals surface area (Å²) in [5.41, 5.74) is 0.791. The fourth-order valence-corrected chi connectivity index (χ4v) is 1.73. The van der Waals surface area contributed by atoms with Crippen molar-refractivity contribution in [2.75, 3.05) is 0 Å². The molecule has 18 heavy (non-hydrogen) atoms. The third-order valence-corrected chi connectivity index (χ3v) is 2.78. The van der Waals surface area contributed by atoms with Crippen molar-refractivity contribution in [3.05, 3.63) is 53.6 Å². The van der Waals surface area contributed by atoms with Gasteiger partial charge in [-0.3, -0.25) is 0 Å². The van der Waals surface area contributed by atoms with E-state index in [4.69, 9.17) is 0 Å². The van der Waals surface area contributed by atoms with E-state index in [0.717, 1.165) is 6.54 Å². The molecule has 2 aromatic rings. The van der Waals surface area contributed by atoms with Crippen LogP contribution in [0, 0.1) is 0 Å². The van der Waals surface area contributed by atoms with Gasteiger partial charge in [0.05, 0.1) is 12.0 Å². The predicted molar refractivity (Wildman–Crippen MR) is 63.4 cm³/mol. The minimum Gasteiger partial charge on any atom is -0.382 e. The molecule has 0 fully saturated rings. The minimum absolute atomic E-state index is 0.0959. The number of nitrogens with zero attached hydrogens (tertiary/aromatic N) is 2. The van der Waals surface area contributed by atoms with E-state index in [1.54, 1.807) is 18.6 Å². The number of hydrogen-bond acceptors (Lipinski definition) is 2. The normalized spacial score (nSPS) is 12.9. The summed E-state index contributed by atoms with van der Waals surface area (Å²) in [6, 6.07) is 5.77. The van der Waals surface area contributed by atoms with Crippen molar-refractivity contribution >= 4 is 0 Å². The highest BCUT2D eigenvalue weighted by molar-refractivity contribution is 5.29. The summed E-state index contributed by atoms with van der Waals surface area (Å²) < 4.78 is 27.0. The van der Waals surface area contributed by atoms with Gasteiger partial charge in [-0.2, -0.15) is 0 Å². The Balaban J connectivity index is 2.27. The number of alkyl halides is 2. The molecule has 0 aliphatic heterocycles. The van der Waals surface area contributed by atoms with Gasteiger partial charge >= 0.3 is 0 Å². The third kappa shape index (κ3) is 2.56. The largest absolute Gasteiger partial charge is 0.382 e. The van der Waals surface area contributed by atoms with E-state index in [0.29, 0.717) is 11.3 Å². The molecule has 2 rings (SSSR count). The highest BCUT2D eigenvalue weighted by Crippen LogP contribution is 2.25. The van der Waals surface area contributed by atoms with Crippen molar-refractivity contribution in [3.63, 3.8) is 0 Å². The molecule has 1 aromatic heterocycles. The van der Waals surface area contributed by atoms with E-state index in [9.17, 15) is 13.9 Å². The Labute approximate surface area is 104 Å². The van der Waals surface area contributed by atoms with Gasteiger partial charge in [0.2, 0.25) is 0 Å². The van der Waals surface area contributed by atoms with Crippen LogP contribution in [0.15, 0.2) is 36.8 Å². The average molecular weight is 252 g/mol. The number of aromatic nitrogens is 2. The molecule has 0 aliphatic carbocycles. The molecule has 0 radical (unpaired) electrons. The first kappa shape index (κ1) is 12.7. The highest BCUT2D eigenvalue weighted by atomic mass is 19.3. The molecular weight excluding hydrogens is 238 g/mol. The second-order valence-electron chi connectivity index (χ2n) is 4.00. The molecule has 0 aliphatic rings. The maximum absolute atomic E-state index is 12.6. The van der Waals surface area contributed by atoms with Gasteiger partial charge in [0.25, 0.3) is 6.43 Å². The molecule has 1 N–H and O–H groups in total. The number of aliphatic hydroxyl groups excluding tert-OH is 1. The van der Waals surface area contributed by atoms with E-state index in [2.05, 4.69) is 4.98 Å². The molecule has 1 unspecified atom stereocenters. The molecule has 0 spiro atoms. The number of halogens is 2. The van der Waals surface area contributed by atoms with Crippen LogP contribution in [-0.4, -0.2) is 14.7 Å². The van der Waals surface area contributed by atoms with Gasteiger partial charge in [-0.25, -0.2) is 13.8 Å². The van der Waals surface area contributed by atoms with Crippen LogP contribution in [0.25, 0.3) is 0 Å². The Hall–Kier alpha value is -1.75. The lowest BCUT2D eigenvalue weighted by molar-refractivity contribution is 0.150. The summed E-state index contributed by atoms with van der Waals surface area (Å²) in [7, 11) is 0. The average Bonchev–Trinajstić information content (AvgIpc) is 2.86. The van der Waals surface area contributed by atoms with Crippen molar-refractivity contribution in [1.82, 2.24) is 9.55 Å². The van der Waals surface area contributed by atoms with Crippen LogP contribution in [0.5, 0.6) is 0 Å². The predicted octanol–water partition coefficient (Wildman–Crippen LogP) is 2.92. The first-order valence-corrected chi connectivity index (χ1v) is 5.69. The van der Waals surface area contributed by atoms with Crippen LogP contribution in [0.3, 0.4) is 0 Å². The van der Waals surface area contributed by atoms with E-state index in [1.165, 1.54) is 18.2 Å². The smallest absolute Gasteiger partial charge is 0.263 e. The summed E-state index contributed by atoms with van der Waals surface area (Å²) in [4.78, 5) is 4.06. The fourth-order valence-electron chi connectivity index (χ4n) is 1.73. The zero-order valence-electron chi connectivity index (χ0n) is 9.92. The van der Waals surface area contributed by atoms with Crippen LogP contribution in [0.1, 0.15) is 36.3 Å². The molecule has 96 valence electrons. The Morgan fingerprint density at radius 2 is 2.06 bits per heavy atom. The molecule has 1 heterocycles. The number of aryl methyl sites for hydroxylation is 1. The number of rotatable bonds is 4. The molecular formula is C13H14F2N2O. The van der Waals surface area contributed by atoms with Crippen molar-refractivity contribution in [2.24, 2.45) is 0 Å². The lowest BCUT2D eigenvalue weighted by Crippen LogP contribution is -2.01. The van der Waals surface area contributed by atoms with Crippen molar-refractivity contribution in [3.8, 4) is 0 Å². The summed E-state index contributed by atoms with van der Waals surface area (Å²) in [5, 5.41) is 10.1. The fraction of sp³-hybridized carbons (Fsp3) is 0.308. The highest BCUT2D eigenvalue weighted by Gasteiger charge is 2.15. The SMILES string of the molecule is CCn1cnc(C(O)c2cccc(C(F)F)c2)c1. The first-order valence-electron chi connectivity index (χ1n) is 5.69. The molecule has 1 atom stereocenters. The Morgan fingerprint density at radius 1 is 1.33 bits per heavy atom. The van der Waals surface area contributed by atoms with Crippen molar-refractivity contribution in [1.29, 1.82) is 0 Å². The molecule has 0 bridgehead atoms. The van der Waals surface area contributed by atoms with Gasteiger partial charge in [0.1, 0.15) is 6.10 Å². The number of benzene rings is 1. The molecule has 1 aromatic carbocycles. The minimum atomic E-state index is -2.54. The second kappa shape index (κ2) is 5.27. The van der Waals surface area contributed by atoms with Gasteiger partial charge in [-0.15, -0.1) is 0 Å². The van der Waals surface area contributed by atoms with Crippen LogP contribution < -0.4 is 0 Å². The van der Waals surface area contributed by atoms with Gasteiger partial charge < -0.3 is 9.67 Å². The van der Waals surface area contributed by atoms with Crippen molar-refractivity contribution < 1.29 is 13.9 Å². The summed E-state index contributed by atoms with van der Waals surface area (Å²) in [5.74, 6) is 0. The molecule has 0 saturated heterocycles. The maximum atomic E-state index is 12.6. The first-order chi connectivity index (χ1) is 8.61. The molecule has 5 heteroatoms. The quantitative estimate of drug-likeness (QED) is 0.908. The van der Waals surface area contributed by atoms with Crippen LogP contribution >= 0.6 is 0 Å². The summed E-state index contributed by atoms with van der Waals surface area (Å²) >= 11 is 0. The Kier molecular flexibility index (Phi) is 3.72. The second-order valence-corrected chi connectivity index (χ2v) is 4.00. The maximum Gasteiger partial charge on any atom is 0.263 e. The number of imidazole rings is 1. The standard InChI is InChI=1S/C13H14F2N2O/c1-2-17-7-11(16-8-17)12(18)9-4-3-5-10(6-9)13(14)15/h3-8,12-13,18H,2H2,1H3. The van der Waals surface area contributed by atoms with Gasteiger partial charge in [0.15, 0.2) is 0 Å². The number of hydrogen-bond donors (Lipinski definition) is 1. The van der Waals surface area contributed by atoms with Gasteiger partial charge in [-0.1, -0.05) is 18.2 Å². The summed E-state index contributed by atoms with van der Waals surface area (Å²) in [6.45, 7) is 2.70. The van der Waals surface area contributed by atoms with Gasteiger partial charge in [-0.05, 0) is 18.6 Å². The zero-order valence-corrected chi connectivity index (χ0v) is 9.92. The topological polar surface area (TPSA) is 38.0 Å². The van der Waals surface area contributed by atoms with E-state index >= 15 is 0 Å². The Morgan fingerprint density at radius 3 is 2.67 bits per heavy atom. The summed E-state index contributed by atoms with van der Waals surface area (Å²) in [6.07, 6.45) is -0.197. The van der Waals surface area contributed by atoms with E-state index < -0.39 is 12.5 Å². The molecule has 3 nitrogen and oxygen atoms in total.